The predicted molar refractivity (Wildman–Crippen MR) is 140 cm³/mol. The summed E-state index contributed by atoms with van der Waals surface area (Å²) in [5.41, 5.74) is 3.38. The summed E-state index contributed by atoms with van der Waals surface area (Å²) in [4.78, 5) is 28.5. The first-order valence-corrected chi connectivity index (χ1v) is 13.5. The minimum absolute atomic E-state index is 0.00873. The molecule has 0 aliphatic heterocycles. The third-order valence-corrected chi connectivity index (χ3v) is 7.43. The van der Waals surface area contributed by atoms with E-state index in [1.807, 2.05) is 31.2 Å². The molecule has 0 saturated heterocycles. The third-order valence-electron chi connectivity index (χ3n) is 6.44. The van der Waals surface area contributed by atoms with Gasteiger partial charge in [0.05, 0.1) is 12.9 Å². The maximum Gasteiger partial charge on any atom is 0.243 e. The first-order chi connectivity index (χ1) is 16.5. The van der Waals surface area contributed by atoms with E-state index < -0.39 is 6.04 Å². The predicted octanol–water partition coefficient (Wildman–Crippen LogP) is 5.49. The molecule has 34 heavy (non-hydrogen) atoms. The molecule has 2 aromatic carbocycles. The molecule has 2 amide bonds. The highest BCUT2D eigenvalue weighted by molar-refractivity contribution is 7.99. The van der Waals surface area contributed by atoms with Crippen LogP contribution in [-0.4, -0.2) is 41.7 Å². The lowest BCUT2D eigenvalue weighted by atomic mass is 9.95. The molecular formula is C28H38N2O3S. The van der Waals surface area contributed by atoms with Crippen LogP contribution in [0, 0.1) is 6.92 Å². The van der Waals surface area contributed by atoms with E-state index in [0.717, 1.165) is 42.7 Å². The van der Waals surface area contributed by atoms with E-state index >= 15 is 0 Å². The van der Waals surface area contributed by atoms with Gasteiger partial charge in [-0.15, -0.1) is 11.8 Å². The summed E-state index contributed by atoms with van der Waals surface area (Å²) in [6.45, 7) is 4.44. The van der Waals surface area contributed by atoms with Gasteiger partial charge in [0, 0.05) is 18.3 Å². The van der Waals surface area contributed by atoms with Crippen LogP contribution in [0.15, 0.2) is 48.5 Å². The van der Waals surface area contributed by atoms with Crippen molar-refractivity contribution in [1.82, 2.24) is 10.2 Å². The Kier molecular flexibility index (Phi) is 10.3. The van der Waals surface area contributed by atoms with Gasteiger partial charge in [0.1, 0.15) is 11.8 Å². The molecule has 0 aromatic heterocycles. The van der Waals surface area contributed by atoms with Crippen LogP contribution in [0.3, 0.4) is 0 Å². The lowest BCUT2D eigenvalue weighted by molar-refractivity contribution is -0.139. The largest absolute Gasteiger partial charge is 0.497 e. The van der Waals surface area contributed by atoms with Crippen LogP contribution < -0.4 is 10.1 Å². The standard InChI is InChI=1S/C28H38N2O3S/c1-4-26(28(32)29-24-10-6-5-7-11-24)30(18-23-9-8-12-25(17-23)33-3)27(31)20-34-19-22-15-13-21(2)14-16-22/h8-9,12-17,24,26H,4-7,10-11,18-20H2,1-3H3,(H,29,32)/t26-/m0/s1. The molecule has 1 atom stereocenters. The number of nitrogens with zero attached hydrogens (tertiary/aromatic N) is 1. The number of benzene rings is 2. The number of rotatable bonds is 11. The summed E-state index contributed by atoms with van der Waals surface area (Å²) in [6.07, 6.45) is 6.18. The van der Waals surface area contributed by atoms with E-state index in [1.165, 1.54) is 17.5 Å². The first kappa shape index (κ1) is 26.1. The van der Waals surface area contributed by atoms with E-state index in [1.54, 1.807) is 23.8 Å². The number of hydrogen-bond donors (Lipinski definition) is 1. The topological polar surface area (TPSA) is 58.6 Å². The summed E-state index contributed by atoms with van der Waals surface area (Å²) in [7, 11) is 1.64. The monoisotopic (exact) mass is 482 g/mol. The Balaban J connectivity index is 1.71. The average Bonchev–Trinajstić information content (AvgIpc) is 2.85. The summed E-state index contributed by atoms with van der Waals surface area (Å²) in [5.74, 6) is 1.81. The number of ether oxygens (including phenoxy) is 1. The molecule has 1 fully saturated rings. The number of hydrogen-bond acceptors (Lipinski definition) is 4. The van der Waals surface area contributed by atoms with Crippen molar-refractivity contribution >= 4 is 23.6 Å². The lowest BCUT2D eigenvalue weighted by Gasteiger charge is -2.32. The molecule has 0 spiro atoms. The molecule has 1 aliphatic rings. The number of thioether (sulfide) groups is 1. The Labute approximate surface area is 208 Å². The van der Waals surface area contributed by atoms with Crippen LogP contribution in [0.4, 0.5) is 0 Å². The normalized spacial score (nSPS) is 14.9. The van der Waals surface area contributed by atoms with Crippen molar-refractivity contribution in [3.05, 3.63) is 65.2 Å². The van der Waals surface area contributed by atoms with Gasteiger partial charge < -0.3 is 15.0 Å². The van der Waals surface area contributed by atoms with Crippen molar-refractivity contribution in [2.75, 3.05) is 12.9 Å². The lowest BCUT2D eigenvalue weighted by Crippen LogP contribution is -2.52. The Hall–Kier alpha value is -2.47. The van der Waals surface area contributed by atoms with Gasteiger partial charge in [-0.1, -0.05) is 68.1 Å². The van der Waals surface area contributed by atoms with Crippen molar-refractivity contribution in [1.29, 1.82) is 0 Å². The Bertz CT molecular complexity index is 926. The van der Waals surface area contributed by atoms with E-state index in [2.05, 4.69) is 36.5 Å². The summed E-state index contributed by atoms with van der Waals surface area (Å²) < 4.78 is 5.37. The summed E-state index contributed by atoms with van der Waals surface area (Å²) in [6, 6.07) is 15.9. The zero-order valence-corrected chi connectivity index (χ0v) is 21.5. The minimum atomic E-state index is -0.486. The van der Waals surface area contributed by atoms with Gasteiger partial charge in [-0.2, -0.15) is 0 Å². The quantitative estimate of drug-likeness (QED) is 0.460. The van der Waals surface area contributed by atoms with Crippen LogP contribution in [0.2, 0.25) is 0 Å². The number of nitrogens with one attached hydrogen (secondary N) is 1. The minimum Gasteiger partial charge on any atom is -0.497 e. The highest BCUT2D eigenvalue weighted by Crippen LogP contribution is 2.21. The van der Waals surface area contributed by atoms with Crippen LogP contribution >= 0.6 is 11.8 Å². The Morgan fingerprint density at radius 2 is 1.82 bits per heavy atom. The molecular weight excluding hydrogens is 444 g/mol. The van der Waals surface area contributed by atoms with Crippen LogP contribution in [0.1, 0.15) is 62.1 Å². The molecule has 2 aromatic rings. The number of aryl methyl sites for hydroxylation is 1. The zero-order chi connectivity index (χ0) is 24.3. The van der Waals surface area contributed by atoms with Crippen molar-refractivity contribution in [3.8, 4) is 5.75 Å². The molecule has 0 radical (unpaired) electrons. The molecule has 1 N–H and O–H groups in total. The maximum atomic E-state index is 13.4. The SMILES string of the molecule is CC[C@@H](C(=O)NC1CCCCC1)N(Cc1cccc(OC)c1)C(=O)CSCc1ccc(C)cc1. The second-order valence-electron chi connectivity index (χ2n) is 9.12. The van der Waals surface area contributed by atoms with E-state index in [9.17, 15) is 9.59 Å². The highest BCUT2D eigenvalue weighted by Gasteiger charge is 2.30. The van der Waals surface area contributed by atoms with Gasteiger partial charge in [-0.3, -0.25) is 9.59 Å². The molecule has 1 saturated carbocycles. The summed E-state index contributed by atoms with van der Waals surface area (Å²) in [5, 5.41) is 3.24. The van der Waals surface area contributed by atoms with Crippen LogP contribution in [0.25, 0.3) is 0 Å². The molecule has 0 heterocycles. The van der Waals surface area contributed by atoms with E-state index in [0.29, 0.717) is 18.7 Å². The molecule has 6 heteroatoms. The van der Waals surface area contributed by atoms with Crippen molar-refractivity contribution in [2.24, 2.45) is 0 Å². The van der Waals surface area contributed by atoms with Crippen molar-refractivity contribution in [3.63, 3.8) is 0 Å². The molecule has 5 nitrogen and oxygen atoms in total. The van der Waals surface area contributed by atoms with Gasteiger partial charge in [-0.25, -0.2) is 0 Å². The fourth-order valence-corrected chi connectivity index (χ4v) is 5.33. The fraction of sp³-hybridized carbons (Fsp3) is 0.500. The molecule has 0 unspecified atom stereocenters. The summed E-state index contributed by atoms with van der Waals surface area (Å²) >= 11 is 1.59. The van der Waals surface area contributed by atoms with Crippen LogP contribution in [-0.2, 0) is 21.9 Å². The van der Waals surface area contributed by atoms with Gasteiger partial charge in [-0.05, 0) is 49.4 Å². The maximum absolute atomic E-state index is 13.4. The highest BCUT2D eigenvalue weighted by atomic mass is 32.2. The van der Waals surface area contributed by atoms with Crippen molar-refractivity contribution < 1.29 is 14.3 Å². The van der Waals surface area contributed by atoms with Gasteiger partial charge in [0.15, 0.2) is 0 Å². The van der Waals surface area contributed by atoms with E-state index in [-0.39, 0.29) is 17.9 Å². The van der Waals surface area contributed by atoms with Crippen LogP contribution in [0.5, 0.6) is 5.75 Å². The first-order valence-electron chi connectivity index (χ1n) is 12.4. The van der Waals surface area contributed by atoms with Gasteiger partial charge in [0.25, 0.3) is 0 Å². The van der Waals surface area contributed by atoms with E-state index in [4.69, 9.17) is 4.74 Å². The number of carbonyl (C=O) groups excluding carboxylic acids is 2. The second-order valence-corrected chi connectivity index (χ2v) is 10.1. The number of carbonyl (C=O) groups is 2. The second kappa shape index (κ2) is 13.4. The van der Waals surface area contributed by atoms with Crippen molar-refractivity contribution in [2.45, 2.75) is 76.8 Å². The third kappa shape index (κ3) is 7.79. The Morgan fingerprint density at radius 3 is 2.50 bits per heavy atom. The van der Waals surface area contributed by atoms with Gasteiger partial charge in [0.2, 0.25) is 11.8 Å². The zero-order valence-electron chi connectivity index (χ0n) is 20.7. The number of amides is 2. The Morgan fingerprint density at radius 1 is 1.09 bits per heavy atom. The smallest absolute Gasteiger partial charge is 0.243 e. The fourth-order valence-electron chi connectivity index (χ4n) is 4.45. The number of methoxy groups -OCH3 is 1. The van der Waals surface area contributed by atoms with Gasteiger partial charge >= 0.3 is 0 Å². The molecule has 3 rings (SSSR count). The molecule has 0 bridgehead atoms. The average molecular weight is 483 g/mol. The molecule has 1 aliphatic carbocycles. The molecule has 184 valence electrons.